The number of nitro benzene ring substituents is 1. The molecule has 1 saturated carbocycles. The second-order valence-electron chi connectivity index (χ2n) is 4.90. The van der Waals surface area contributed by atoms with Gasteiger partial charge < -0.3 is 5.32 Å². The SMILES string of the molecule is CC(Nc1ccc(Cl)c([N+](=O)[O-])c1)C1CCCC1. The predicted molar refractivity (Wildman–Crippen MR) is 73.1 cm³/mol. The minimum Gasteiger partial charge on any atom is -0.382 e. The van der Waals surface area contributed by atoms with E-state index in [2.05, 4.69) is 12.2 Å². The van der Waals surface area contributed by atoms with E-state index in [0.29, 0.717) is 12.0 Å². The molecule has 1 fully saturated rings. The molecule has 4 nitrogen and oxygen atoms in total. The summed E-state index contributed by atoms with van der Waals surface area (Å²) in [4.78, 5) is 10.4. The summed E-state index contributed by atoms with van der Waals surface area (Å²) in [6.07, 6.45) is 5.06. The zero-order chi connectivity index (χ0) is 13.1. The highest BCUT2D eigenvalue weighted by molar-refractivity contribution is 6.32. The second kappa shape index (κ2) is 5.57. The Morgan fingerprint density at radius 1 is 1.44 bits per heavy atom. The van der Waals surface area contributed by atoms with Gasteiger partial charge in [-0.15, -0.1) is 0 Å². The summed E-state index contributed by atoms with van der Waals surface area (Å²) >= 11 is 5.79. The Morgan fingerprint density at radius 2 is 2.11 bits per heavy atom. The van der Waals surface area contributed by atoms with Crippen molar-refractivity contribution >= 4 is 23.0 Å². The maximum absolute atomic E-state index is 10.8. The van der Waals surface area contributed by atoms with E-state index < -0.39 is 4.92 Å². The lowest BCUT2D eigenvalue weighted by Crippen LogP contribution is -2.23. The lowest BCUT2D eigenvalue weighted by atomic mass is 9.99. The fourth-order valence-corrected chi connectivity index (χ4v) is 2.77. The van der Waals surface area contributed by atoms with Crippen molar-refractivity contribution in [3.8, 4) is 0 Å². The number of hydrogen-bond donors (Lipinski definition) is 1. The van der Waals surface area contributed by atoms with Crippen LogP contribution < -0.4 is 5.32 Å². The van der Waals surface area contributed by atoms with Crippen molar-refractivity contribution in [1.29, 1.82) is 0 Å². The number of nitrogens with zero attached hydrogens (tertiary/aromatic N) is 1. The van der Waals surface area contributed by atoms with Crippen LogP contribution >= 0.6 is 11.6 Å². The molecule has 0 amide bonds. The van der Waals surface area contributed by atoms with Crippen LogP contribution in [0.15, 0.2) is 18.2 Å². The lowest BCUT2D eigenvalue weighted by Gasteiger charge is -2.21. The van der Waals surface area contributed by atoms with E-state index in [1.54, 1.807) is 12.1 Å². The molecule has 0 spiro atoms. The molecule has 5 heteroatoms. The largest absolute Gasteiger partial charge is 0.382 e. The third-order valence-electron chi connectivity index (χ3n) is 3.64. The lowest BCUT2D eigenvalue weighted by molar-refractivity contribution is -0.384. The molecule has 1 N–H and O–H groups in total. The van der Waals surface area contributed by atoms with Crippen LogP contribution in [0, 0.1) is 16.0 Å². The van der Waals surface area contributed by atoms with Gasteiger partial charge in [0.1, 0.15) is 5.02 Å². The van der Waals surface area contributed by atoms with Crippen LogP contribution in [0.1, 0.15) is 32.6 Å². The van der Waals surface area contributed by atoms with Crippen molar-refractivity contribution in [3.63, 3.8) is 0 Å². The van der Waals surface area contributed by atoms with E-state index in [-0.39, 0.29) is 10.7 Å². The first-order chi connectivity index (χ1) is 8.58. The fourth-order valence-electron chi connectivity index (χ4n) is 2.58. The van der Waals surface area contributed by atoms with Crippen molar-refractivity contribution in [3.05, 3.63) is 33.3 Å². The molecule has 0 aromatic heterocycles. The van der Waals surface area contributed by atoms with Crippen molar-refractivity contribution in [2.45, 2.75) is 38.6 Å². The van der Waals surface area contributed by atoms with Crippen LogP contribution in [0.3, 0.4) is 0 Å². The molecule has 18 heavy (non-hydrogen) atoms. The van der Waals surface area contributed by atoms with Gasteiger partial charge in [-0.25, -0.2) is 0 Å². The Bertz CT molecular complexity index is 445. The molecular formula is C13H17ClN2O2. The summed E-state index contributed by atoms with van der Waals surface area (Å²) in [7, 11) is 0. The van der Waals surface area contributed by atoms with Crippen LogP contribution in [0.2, 0.25) is 5.02 Å². The van der Waals surface area contributed by atoms with Crippen molar-refractivity contribution in [1.82, 2.24) is 0 Å². The van der Waals surface area contributed by atoms with E-state index in [1.165, 1.54) is 31.7 Å². The first kappa shape index (κ1) is 13.1. The number of rotatable bonds is 4. The van der Waals surface area contributed by atoms with Crippen molar-refractivity contribution < 1.29 is 4.92 Å². The Labute approximate surface area is 111 Å². The van der Waals surface area contributed by atoms with E-state index in [9.17, 15) is 10.1 Å². The highest BCUT2D eigenvalue weighted by Gasteiger charge is 2.22. The molecule has 2 rings (SSSR count). The number of hydrogen-bond acceptors (Lipinski definition) is 3. The molecule has 98 valence electrons. The molecule has 1 atom stereocenters. The third-order valence-corrected chi connectivity index (χ3v) is 3.96. The minimum atomic E-state index is -0.451. The number of halogens is 1. The molecule has 1 aromatic rings. The molecule has 0 saturated heterocycles. The van der Waals surface area contributed by atoms with Gasteiger partial charge in [-0.05, 0) is 37.8 Å². The number of anilines is 1. The summed E-state index contributed by atoms with van der Waals surface area (Å²) < 4.78 is 0. The zero-order valence-electron chi connectivity index (χ0n) is 10.4. The van der Waals surface area contributed by atoms with E-state index in [4.69, 9.17) is 11.6 Å². The quantitative estimate of drug-likeness (QED) is 0.656. The van der Waals surface area contributed by atoms with Crippen LogP contribution in [-0.4, -0.2) is 11.0 Å². The fraction of sp³-hybridized carbons (Fsp3) is 0.538. The van der Waals surface area contributed by atoms with Crippen LogP contribution in [-0.2, 0) is 0 Å². The summed E-state index contributed by atoms with van der Waals surface area (Å²) in [6.45, 7) is 2.14. The van der Waals surface area contributed by atoms with Crippen molar-refractivity contribution in [2.24, 2.45) is 5.92 Å². The molecule has 0 heterocycles. The molecule has 0 aliphatic heterocycles. The van der Waals surface area contributed by atoms with Crippen LogP contribution in [0.25, 0.3) is 0 Å². The average Bonchev–Trinajstić information content (AvgIpc) is 2.85. The first-order valence-electron chi connectivity index (χ1n) is 6.28. The van der Waals surface area contributed by atoms with E-state index >= 15 is 0 Å². The summed E-state index contributed by atoms with van der Waals surface area (Å²) in [5.74, 6) is 0.666. The van der Waals surface area contributed by atoms with E-state index in [0.717, 1.165) is 5.69 Å². The van der Waals surface area contributed by atoms with Crippen molar-refractivity contribution in [2.75, 3.05) is 5.32 Å². The first-order valence-corrected chi connectivity index (χ1v) is 6.66. The third kappa shape index (κ3) is 2.93. The van der Waals surface area contributed by atoms with Gasteiger partial charge in [0.15, 0.2) is 0 Å². The van der Waals surface area contributed by atoms with Gasteiger partial charge in [-0.3, -0.25) is 10.1 Å². The highest BCUT2D eigenvalue weighted by atomic mass is 35.5. The Morgan fingerprint density at radius 3 is 2.72 bits per heavy atom. The van der Waals surface area contributed by atoms with E-state index in [1.807, 2.05) is 0 Å². The van der Waals surface area contributed by atoms with Crippen LogP contribution in [0.5, 0.6) is 0 Å². The summed E-state index contributed by atoms with van der Waals surface area (Å²) in [5, 5.41) is 14.3. The van der Waals surface area contributed by atoms with Gasteiger partial charge in [-0.2, -0.15) is 0 Å². The predicted octanol–water partition coefficient (Wildman–Crippen LogP) is 4.24. The summed E-state index contributed by atoms with van der Waals surface area (Å²) in [6, 6.07) is 5.21. The Hall–Kier alpha value is -1.29. The van der Waals surface area contributed by atoms with Gasteiger partial charge >= 0.3 is 0 Å². The molecule has 1 aromatic carbocycles. The molecule has 1 aliphatic carbocycles. The molecule has 0 radical (unpaired) electrons. The molecular weight excluding hydrogens is 252 g/mol. The molecule has 1 aliphatic rings. The zero-order valence-corrected chi connectivity index (χ0v) is 11.1. The van der Waals surface area contributed by atoms with Gasteiger partial charge in [0.25, 0.3) is 5.69 Å². The number of nitrogens with one attached hydrogen (secondary N) is 1. The minimum absolute atomic E-state index is 0.0414. The average molecular weight is 269 g/mol. The number of nitro groups is 1. The second-order valence-corrected chi connectivity index (χ2v) is 5.31. The smallest absolute Gasteiger partial charge is 0.289 e. The van der Waals surface area contributed by atoms with Crippen LogP contribution in [0.4, 0.5) is 11.4 Å². The highest BCUT2D eigenvalue weighted by Crippen LogP contribution is 2.31. The van der Waals surface area contributed by atoms with Gasteiger partial charge in [0, 0.05) is 17.8 Å². The van der Waals surface area contributed by atoms with Gasteiger partial charge in [0.2, 0.25) is 0 Å². The number of benzene rings is 1. The standard InChI is InChI=1S/C13H17ClN2O2/c1-9(10-4-2-3-5-10)15-11-6-7-12(14)13(8-11)16(17)18/h6-10,15H,2-5H2,1H3. The Kier molecular flexibility index (Phi) is 4.07. The normalized spacial score (nSPS) is 17.7. The topological polar surface area (TPSA) is 55.2 Å². The Balaban J connectivity index is 2.09. The monoisotopic (exact) mass is 268 g/mol. The summed E-state index contributed by atoms with van der Waals surface area (Å²) in [5.41, 5.74) is 0.728. The maximum atomic E-state index is 10.8. The molecule has 0 bridgehead atoms. The molecule has 1 unspecified atom stereocenters. The maximum Gasteiger partial charge on any atom is 0.289 e. The van der Waals surface area contributed by atoms with Gasteiger partial charge in [-0.1, -0.05) is 24.4 Å². The van der Waals surface area contributed by atoms with Gasteiger partial charge in [0.05, 0.1) is 4.92 Å².